The minimum absolute atomic E-state index is 0. The fraction of sp³-hybridized carbons (Fsp3) is 0.111. The standard InChI is InChI=1S/C9H8ClNO3.ClH/c1-11(9(13)14)8(12)6-2-4-7(10)5-3-6;/h2-5H,1H3,(H,13,14);1H. The van der Waals surface area contributed by atoms with Crippen LogP contribution in [-0.2, 0) is 0 Å². The van der Waals surface area contributed by atoms with Crippen LogP contribution in [0.25, 0.3) is 0 Å². The highest BCUT2D eigenvalue weighted by Crippen LogP contribution is 2.10. The number of hydrogen-bond acceptors (Lipinski definition) is 2. The van der Waals surface area contributed by atoms with Gasteiger partial charge in [-0.2, -0.15) is 0 Å². The molecule has 6 heteroatoms. The van der Waals surface area contributed by atoms with Gasteiger partial charge in [0.15, 0.2) is 0 Å². The van der Waals surface area contributed by atoms with Crippen LogP contribution in [0.2, 0.25) is 5.02 Å². The van der Waals surface area contributed by atoms with Crippen LogP contribution in [0.4, 0.5) is 4.79 Å². The van der Waals surface area contributed by atoms with Gasteiger partial charge < -0.3 is 5.11 Å². The van der Waals surface area contributed by atoms with Gasteiger partial charge in [0.2, 0.25) is 0 Å². The van der Waals surface area contributed by atoms with E-state index in [1.807, 2.05) is 0 Å². The number of carbonyl (C=O) groups is 2. The van der Waals surface area contributed by atoms with Gasteiger partial charge in [-0.3, -0.25) is 4.79 Å². The molecule has 0 aromatic heterocycles. The Kier molecular flexibility index (Phi) is 5.11. The maximum Gasteiger partial charge on any atom is 0.414 e. The molecule has 1 aromatic carbocycles. The number of imide groups is 1. The van der Waals surface area contributed by atoms with Gasteiger partial charge in [0.25, 0.3) is 5.91 Å². The second-order valence-corrected chi connectivity index (χ2v) is 3.09. The molecule has 2 amide bonds. The zero-order valence-corrected chi connectivity index (χ0v) is 9.38. The number of nitrogens with zero attached hydrogens (tertiary/aromatic N) is 1. The van der Waals surface area contributed by atoms with E-state index in [4.69, 9.17) is 16.7 Å². The SMILES string of the molecule is CN(C(=O)O)C(=O)c1ccc(Cl)cc1.Cl. The molecule has 0 unspecified atom stereocenters. The number of halogens is 2. The summed E-state index contributed by atoms with van der Waals surface area (Å²) in [6.45, 7) is 0. The molecular weight excluding hydrogens is 241 g/mol. The molecular formula is C9H9Cl2NO3. The van der Waals surface area contributed by atoms with Crippen molar-refractivity contribution in [2.45, 2.75) is 0 Å². The van der Waals surface area contributed by atoms with Crippen LogP contribution in [0.5, 0.6) is 0 Å². The molecule has 82 valence electrons. The third-order valence-corrected chi connectivity index (χ3v) is 1.93. The lowest BCUT2D eigenvalue weighted by atomic mass is 10.2. The smallest absolute Gasteiger partial charge is 0.414 e. The van der Waals surface area contributed by atoms with Crippen LogP contribution < -0.4 is 0 Å². The average molecular weight is 250 g/mol. The Labute approximate surface area is 97.9 Å². The molecule has 0 fully saturated rings. The Hall–Kier alpha value is -1.26. The Morgan fingerprint density at radius 1 is 1.27 bits per heavy atom. The molecule has 0 saturated heterocycles. The van der Waals surface area contributed by atoms with Gasteiger partial charge in [-0.1, -0.05) is 11.6 Å². The minimum Gasteiger partial charge on any atom is -0.465 e. The van der Waals surface area contributed by atoms with Gasteiger partial charge in [-0.05, 0) is 24.3 Å². The average Bonchev–Trinajstić information content (AvgIpc) is 2.16. The summed E-state index contributed by atoms with van der Waals surface area (Å²) < 4.78 is 0. The molecule has 4 nitrogen and oxygen atoms in total. The third kappa shape index (κ3) is 3.42. The van der Waals surface area contributed by atoms with Crippen molar-refractivity contribution >= 4 is 36.0 Å². The molecule has 0 atom stereocenters. The molecule has 15 heavy (non-hydrogen) atoms. The molecule has 0 saturated carbocycles. The van der Waals surface area contributed by atoms with E-state index >= 15 is 0 Å². The predicted molar refractivity (Wildman–Crippen MR) is 58.8 cm³/mol. The Morgan fingerprint density at radius 3 is 2.13 bits per heavy atom. The second kappa shape index (κ2) is 5.58. The van der Waals surface area contributed by atoms with Crippen molar-refractivity contribution in [3.8, 4) is 0 Å². The monoisotopic (exact) mass is 249 g/mol. The third-order valence-electron chi connectivity index (χ3n) is 1.68. The maximum absolute atomic E-state index is 11.4. The largest absolute Gasteiger partial charge is 0.465 e. The quantitative estimate of drug-likeness (QED) is 0.833. The Morgan fingerprint density at radius 2 is 1.73 bits per heavy atom. The zero-order valence-electron chi connectivity index (χ0n) is 7.81. The molecule has 1 N–H and O–H groups in total. The van der Waals surface area contributed by atoms with Crippen LogP contribution in [0.15, 0.2) is 24.3 Å². The first-order valence-corrected chi connectivity index (χ1v) is 4.16. The van der Waals surface area contributed by atoms with E-state index in [0.29, 0.717) is 15.5 Å². The zero-order chi connectivity index (χ0) is 10.7. The van der Waals surface area contributed by atoms with E-state index in [9.17, 15) is 9.59 Å². The molecule has 0 bridgehead atoms. The van der Waals surface area contributed by atoms with Crippen LogP contribution in [-0.4, -0.2) is 29.1 Å². The predicted octanol–water partition coefficient (Wildman–Crippen LogP) is 2.51. The molecule has 0 radical (unpaired) electrons. The van der Waals surface area contributed by atoms with E-state index in [0.717, 1.165) is 0 Å². The first-order chi connectivity index (χ1) is 6.52. The Bertz CT molecular complexity index is 364. The van der Waals surface area contributed by atoms with Crippen molar-refractivity contribution in [2.75, 3.05) is 7.05 Å². The second-order valence-electron chi connectivity index (χ2n) is 2.65. The van der Waals surface area contributed by atoms with E-state index in [1.54, 1.807) is 0 Å². The van der Waals surface area contributed by atoms with Crippen LogP contribution >= 0.6 is 24.0 Å². The van der Waals surface area contributed by atoms with Crippen molar-refractivity contribution < 1.29 is 14.7 Å². The number of hydrogen-bond donors (Lipinski definition) is 1. The summed E-state index contributed by atoms with van der Waals surface area (Å²) in [6, 6.07) is 6.02. The van der Waals surface area contributed by atoms with Gasteiger partial charge in [-0.15, -0.1) is 12.4 Å². The highest BCUT2D eigenvalue weighted by Gasteiger charge is 2.16. The molecule has 0 aliphatic carbocycles. The maximum atomic E-state index is 11.4. The number of amides is 2. The Balaban J connectivity index is 0.00000196. The van der Waals surface area contributed by atoms with Crippen LogP contribution in [0.3, 0.4) is 0 Å². The summed E-state index contributed by atoms with van der Waals surface area (Å²) in [5.74, 6) is -0.575. The number of rotatable bonds is 1. The molecule has 0 heterocycles. The topological polar surface area (TPSA) is 57.6 Å². The number of carbonyl (C=O) groups excluding carboxylic acids is 1. The van der Waals surface area contributed by atoms with Crippen molar-refractivity contribution in [3.05, 3.63) is 34.9 Å². The van der Waals surface area contributed by atoms with Crippen molar-refractivity contribution in [1.82, 2.24) is 4.90 Å². The fourth-order valence-electron chi connectivity index (χ4n) is 0.873. The van der Waals surface area contributed by atoms with Gasteiger partial charge in [0, 0.05) is 17.6 Å². The molecule has 0 aliphatic rings. The van der Waals surface area contributed by atoms with E-state index in [-0.39, 0.29) is 12.4 Å². The molecule has 1 rings (SSSR count). The summed E-state index contributed by atoms with van der Waals surface area (Å²) in [5.41, 5.74) is 0.291. The number of benzene rings is 1. The van der Waals surface area contributed by atoms with E-state index in [2.05, 4.69) is 0 Å². The van der Waals surface area contributed by atoms with Crippen molar-refractivity contribution in [3.63, 3.8) is 0 Å². The van der Waals surface area contributed by atoms with Gasteiger partial charge in [-0.25, -0.2) is 9.69 Å². The first-order valence-electron chi connectivity index (χ1n) is 3.79. The first kappa shape index (κ1) is 13.7. The van der Waals surface area contributed by atoms with Crippen LogP contribution in [0, 0.1) is 0 Å². The highest BCUT2D eigenvalue weighted by molar-refractivity contribution is 6.30. The summed E-state index contributed by atoms with van der Waals surface area (Å²) in [6.07, 6.45) is -1.29. The van der Waals surface area contributed by atoms with Crippen LogP contribution in [0.1, 0.15) is 10.4 Å². The summed E-state index contributed by atoms with van der Waals surface area (Å²) in [4.78, 5) is 22.5. The highest BCUT2D eigenvalue weighted by atomic mass is 35.5. The lowest BCUT2D eigenvalue weighted by Crippen LogP contribution is -2.31. The van der Waals surface area contributed by atoms with E-state index < -0.39 is 12.0 Å². The lowest BCUT2D eigenvalue weighted by Gasteiger charge is -2.10. The summed E-state index contributed by atoms with van der Waals surface area (Å²) >= 11 is 5.62. The summed E-state index contributed by atoms with van der Waals surface area (Å²) in [7, 11) is 1.19. The van der Waals surface area contributed by atoms with Crippen molar-refractivity contribution in [2.24, 2.45) is 0 Å². The van der Waals surface area contributed by atoms with E-state index in [1.165, 1.54) is 31.3 Å². The van der Waals surface area contributed by atoms with Gasteiger partial charge in [0.1, 0.15) is 0 Å². The van der Waals surface area contributed by atoms with Crippen molar-refractivity contribution in [1.29, 1.82) is 0 Å². The molecule has 1 aromatic rings. The minimum atomic E-state index is -1.29. The summed E-state index contributed by atoms with van der Waals surface area (Å²) in [5, 5.41) is 9.05. The normalized spacial score (nSPS) is 8.93. The number of carboxylic acid groups (broad SMARTS) is 1. The lowest BCUT2D eigenvalue weighted by molar-refractivity contribution is 0.0782. The molecule has 0 spiro atoms. The molecule has 0 aliphatic heterocycles. The fourth-order valence-corrected chi connectivity index (χ4v) is 0.999. The van der Waals surface area contributed by atoms with Gasteiger partial charge >= 0.3 is 6.09 Å². The van der Waals surface area contributed by atoms with Gasteiger partial charge in [0.05, 0.1) is 0 Å².